The molecule has 0 aromatic heterocycles. The van der Waals surface area contributed by atoms with E-state index in [1.165, 1.54) is 7.05 Å². The van der Waals surface area contributed by atoms with Crippen molar-refractivity contribution in [3.8, 4) is 0 Å². The van der Waals surface area contributed by atoms with Crippen LogP contribution in [0.4, 0.5) is 0 Å². The highest BCUT2D eigenvalue weighted by Crippen LogP contribution is 2.27. The molecular formula is C14H21N3O4. The maximum atomic E-state index is 12.3. The molecule has 1 fully saturated rings. The number of carboxylic acid groups (broad SMARTS) is 1. The lowest BCUT2D eigenvalue weighted by Crippen LogP contribution is -2.56. The number of hydrogen-bond donors (Lipinski definition) is 2. The minimum Gasteiger partial charge on any atom is -0.480 e. The van der Waals surface area contributed by atoms with Gasteiger partial charge in [0.15, 0.2) is 0 Å². The highest BCUT2D eigenvalue weighted by molar-refractivity contribution is 6.40. The fraction of sp³-hybridized carbons (Fsp3) is 0.714. The summed E-state index contributed by atoms with van der Waals surface area (Å²) in [5, 5.41) is 17.3. The lowest BCUT2D eigenvalue weighted by molar-refractivity contribution is -0.147. The van der Waals surface area contributed by atoms with Crippen molar-refractivity contribution >= 4 is 23.5 Å². The van der Waals surface area contributed by atoms with Crippen LogP contribution in [0.25, 0.3) is 0 Å². The largest absolute Gasteiger partial charge is 0.480 e. The Bertz CT molecular complexity index is 479. The number of rotatable bonds is 3. The fourth-order valence-electron chi connectivity index (χ4n) is 2.85. The topological polar surface area (TPSA) is 99.1 Å². The third-order valence-corrected chi connectivity index (χ3v) is 4.19. The van der Waals surface area contributed by atoms with Crippen LogP contribution in [0.1, 0.15) is 51.4 Å². The van der Waals surface area contributed by atoms with Crippen molar-refractivity contribution in [3.05, 3.63) is 0 Å². The van der Waals surface area contributed by atoms with E-state index in [2.05, 4.69) is 10.4 Å². The van der Waals surface area contributed by atoms with E-state index in [0.717, 1.165) is 30.7 Å². The zero-order valence-corrected chi connectivity index (χ0v) is 12.2. The molecular weight excluding hydrogens is 274 g/mol. The Kier molecular flexibility index (Phi) is 4.59. The van der Waals surface area contributed by atoms with E-state index in [9.17, 15) is 19.5 Å². The van der Waals surface area contributed by atoms with E-state index in [1.54, 1.807) is 0 Å². The van der Waals surface area contributed by atoms with Gasteiger partial charge in [-0.1, -0.05) is 25.7 Å². The van der Waals surface area contributed by atoms with Gasteiger partial charge in [-0.05, 0) is 12.8 Å². The quantitative estimate of drug-likeness (QED) is 0.755. The molecule has 0 bridgehead atoms. The molecule has 1 aliphatic heterocycles. The number of aliphatic carboxylic acids is 1. The molecule has 1 aliphatic carbocycles. The number of carbonyl (C=O) groups excluding carboxylic acids is 2. The number of carboxylic acids is 1. The molecule has 0 aromatic rings. The Morgan fingerprint density at radius 1 is 1.19 bits per heavy atom. The smallest absolute Gasteiger partial charge is 0.329 e. The summed E-state index contributed by atoms with van der Waals surface area (Å²) in [6, 6.07) is 0. The van der Waals surface area contributed by atoms with E-state index < -0.39 is 17.4 Å². The molecule has 1 heterocycles. The second-order valence-electron chi connectivity index (χ2n) is 5.72. The van der Waals surface area contributed by atoms with Crippen molar-refractivity contribution in [2.24, 2.45) is 5.10 Å². The summed E-state index contributed by atoms with van der Waals surface area (Å²) in [7, 11) is 1.49. The highest BCUT2D eigenvalue weighted by Gasteiger charge is 2.41. The van der Waals surface area contributed by atoms with Crippen LogP contribution in [0.3, 0.4) is 0 Å². The summed E-state index contributed by atoms with van der Waals surface area (Å²) < 4.78 is 0. The van der Waals surface area contributed by atoms with Gasteiger partial charge in [0, 0.05) is 19.9 Å². The molecule has 2 N–H and O–H groups in total. The number of hydrazone groups is 1. The molecule has 116 valence electrons. The lowest BCUT2D eigenvalue weighted by atomic mass is 9.89. The Hall–Kier alpha value is -1.92. The molecule has 0 aromatic carbocycles. The van der Waals surface area contributed by atoms with Crippen LogP contribution >= 0.6 is 0 Å². The predicted octanol–water partition coefficient (Wildman–Crippen LogP) is 0.888. The summed E-state index contributed by atoms with van der Waals surface area (Å²) in [5.74, 6) is -1.61. The van der Waals surface area contributed by atoms with E-state index >= 15 is 0 Å². The van der Waals surface area contributed by atoms with Crippen molar-refractivity contribution in [1.29, 1.82) is 0 Å². The van der Waals surface area contributed by atoms with Crippen molar-refractivity contribution in [2.45, 2.75) is 56.9 Å². The number of hydrogen-bond acceptors (Lipinski definition) is 4. The average Bonchev–Trinajstić information content (AvgIpc) is 2.68. The fourth-order valence-corrected chi connectivity index (χ4v) is 2.85. The molecule has 0 saturated heterocycles. The van der Waals surface area contributed by atoms with E-state index in [4.69, 9.17) is 0 Å². The minimum atomic E-state index is -1.20. The van der Waals surface area contributed by atoms with E-state index in [-0.39, 0.29) is 24.5 Å². The molecule has 7 heteroatoms. The van der Waals surface area contributed by atoms with Gasteiger partial charge >= 0.3 is 5.97 Å². The van der Waals surface area contributed by atoms with Gasteiger partial charge in [0.25, 0.3) is 5.91 Å². The van der Waals surface area contributed by atoms with Crippen molar-refractivity contribution in [3.63, 3.8) is 0 Å². The Labute approximate surface area is 123 Å². The van der Waals surface area contributed by atoms with E-state index in [1.807, 2.05) is 0 Å². The maximum Gasteiger partial charge on any atom is 0.329 e. The van der Waals surface area contributed by atoms with Gasteiger partial charge in [-0.3, -0.25) is 9.59 Å². The first-order valence-corrected chi connectivity index (χ1v) is 7.34. The first-order chi connectivity index (χ1) is 9.94. The van der Waals surface area contributed by atoms with Crippen LogP contribution in [0.5, 0.6) is 0 Å². The summed E-state index contributed by atoms with van der Waals surface area (Å²) >= 11 is 0. The molecule has 2 aliphatic rings. The maximum absolute atomic E-state index is 12.3. The molecule has 0 spiro atoms. The Morgan fingerprint density at radius 3 is 2.33 bits per heavy atom. The van der Waals surface area contributed by atoms with Crippen LogP contribution in [0.15, 0.2) is 5.10 Å². The predicted molar refractivity (Wildman–Crippen MR) is 75.7 cm³/mol. The highest BCUT2D eigenvalue weighted by atomic mass is 16.4. The van der Waals surface area contributed by atoms with Crippen LogP contribution in [-0.4, -0.2) is 46.2 Å². The standard InChI is InChI=1S/C14H21N3O4/c1-17-11(18)7-6-10(16-17)12(19)15-14(13(20)21)8-4-2-3-5-9-14/h2-9H2,1H3,(H,15,19)(H,20,21). The summed E-state index contributed by atoms with van der Waals surface area (Å²) in [6.07, 6.45) is 4.92. The van der Waals surface area contributed by atoms with Gasteiger partial charge in [0.2, 0.25) is 5.91 Å². The van der Waals surface area contributed by atoms with Gasteiger partial charge in [0.05, 0.1) is 0 Å². The first kappa shape index (κ1) is 15.5. The molecule has 2 rings (SSSR count). The van der Waals surface area contributed by atoms with Gasteiger partial charge in [0.1, 0.15) is 11.3 Å². The molecule has 1 saturated carbocycles. The average molecular weight is 295 g/mol. The van der Waals surface area contributed by atoms with Crippen LogP contribution in [0, 0.1) is 0 Å². The SMILES string of the molecule is CN1N=C(C(=O)NC2(C(=O)O)CCCCCC2)CCC1=O. The molecule has 2 amide bonds. The molecule has 0 atom stereocenters. The second kappa shape index (κ2) is 6.24. The lowest BCUT2D eigenvalue weighted by Gasteiger charge is -2.30. The van der Waals surface area contributed by atoms with Gasteiger partial charge in [-0.25, -0.2) is 9.80 Å². The van der Waals surface area contributed by atoms with Crippen molar-refractivity contribution in [2.75, 3.05) is 7.05 Å². The first-order valence-electron chi connectivity index (χ1n) is 7.34. The molecule has 7 nitrogen and oxygen atoms in total. The van der Waals surface area contributed by atoms with Gasteiger partial charge in [-0.15, -0.1) is 0 Å². The molecule has 0 unspecified atom stereocenters. The van der Waals surface area contributed by atoms with Crippen molar-refractivity contribution in [1.82, 2.24) is 10.3 Å². The van der Waals surface area contributed by atoms with Gasteiger partial charge < -0.3 is 10.4 Å². The van der Waals surface area contributed by atoms with Crippen LogP contribution in [-0.2, 0) is 14.4 Å². The van der Waals surface area contributed by atoms with Crippen LogP contribution < -0.4 is 5.32 Å². The second-order valence-corrected chi connectivity index (χ2v) is 5.72. The van der Waals surface area contributed by atoms with E-state index in [0.29, 0.717) is 12.8 Å². The summed E-state index contributed by atoms with van der Waals surface area (Å²) in [5.41, 5.74) is -0.974. The van der Waals surface area contributed by atoms with Gasteiger partial charge in [-0.2, -0.15) is 5.10 Å². The normalized spacial score (nSPS) is 22.2. The van der Waals surface area contributed by atoms with Crippen LogP contribution in [0.2, 0.25) is 0 Å². The zero-order chi connectivity index (χ0) is 15.5. The summed E-state index contributed by atoms with van der Waals surface area (Å²) in [4.78, 5) is 35.3. The Balaban J connectivity index is 2.13. The zero-order valence-electron chi connectivity index (χ0n) is 12.2. The number of nitrogens with one attached hydrogen (secondary N) is 1. The number of carbonyl (C=O) groups is 3. The molecule has 21 heavy (non-hydrogen) atoms. The van der Waals surface area contributed by atoms with Crippen molar-refractivity contribution < 1.29 is 19.5 Å². The third kappa shape index (κ3) is 3.40. The third-order valence-electron chi connectivity index (χ3n) is 4.19. The summed E-state index contributed by atoms with van der Waals surface area (Å²) in [6.45, 7) is 0. The number of nitrogens with zero attached hydrogens (tertiary/aromatic N) is 2. The monoisotopic (exact) mass is 295 g/mol. The minimum absolute atomic E-state index is 0.144. The Morgan fingerprint density at radius 2 is 1.81 bits per heavy atom. The number of amides is 2. The molecule has 0 radical (unpaired) electrons.